The number of nitrogens with zero attached hydrogens (tertiary/aromatic N) is 1. The standard InChI is InChI=1S/C10H18N2O2S/c1-2-15(13,14)12-9-3-7-4-10(12)6-8(5-9)11-7/h7-11H,2-6H2,1H3. The van der Waals surface area contributed by atoms with E-state index in [1.165, 1.54) is 0 Å². The van der Waals surface area contributed by atoms with Gasteiger partial charge in [0.25, 0.3) is 0 Å². The van der Waals surface area contributed by atoms with Crippen molar-refractivity contribution >= 4 is 10.0 Å². The van der Waals surface area contributed by atoms with Crippen LogP contribution in [0.5, 0.6) is 0 Å². The molecule has 0 aliphatic carbocycles. The van der Waals surface area contributed by atoms with E-state index < -0.39 is 10.0 Å². The second kappa shape index (κ2) is 3.18. The first-order chi connectivity index (χ1) is 7.10. The van der Waals surface area contributed by atoms with Gasteiger partial charge in [-0.15, -0.1) is 0 Å². The largest absolute Gasteiger partial charge is 0.311 e. The summed E-state index contributed by atoms with van der Waals surface area (Å²) < 4.78 is 25.8. The third kappa shape index (κ3) is 1.44. The molecule has 4 fully saturated rings. The van der Waals surface area contributed by atoms with Crippen LogP contribution >= 0.6 is 0 Å². The zero-order valence-corrected chi connectivity index (χ0v) is 9.83. The highest BCUT2D eigenvalue weighted by atomic mass is 32.2. The molecular weight excluding hydrogens is 212 g/mol. The average molecular weight is 230 g/mol. The molecule has 4 heterocycles. The molecule has 15 heavy (non-hydrogen) atoms. The van der Waals surface area contributed by atoms with Gasteiger partial charge in [0.15, 0.2) is 0 Å². The topological polar surface area (TPSA) is 49.4 Å². The van der Waals surface area contributed by atoms with E-state index >= 15 is 0 Å². The lowest BCUT2D eigenvalue weighted by atomic mass is 9.76. The van der Waals surface area contributed by atoms with E-state index in [0.717, 1.165) is 25.7 Å². The molecule has 4 nitrogen and oxygen atoms in total. The van der Waals surface area contributed by atoms with Crippen LogP contribution in [0, 0.1) is 0 Å². The van der Waals surface area contributed by atoms with Gasteiger partial charge in [0, 0.05) is 24.2 Å². The minimum absolute atomic E-state index is 0.253. The van der Waals surface area contributed by atoms with Crippen molar-refractivity contribution in [2.75, 3.05) is 5.75 Å². The third-order valence-electron chi connectivity index (χ3n) is 4.10. The molecule has 4 bridgehead atoms. The maximum absolute atomic E-state index is 12.0. The third-order valence-corrected chi connectivity index (χ3v) is 6.07. The van der Waals surface area contributed by atoms with Gasteiger partial charge in [0.05, 0.1) is 5.75 Å². The minimum atomic E-state index is -2.98. The number of hydrogen-bond acceptors (Lipinski definition) is 3. The smallest absolute Gasteiger partial charge is 0.214 e. The highest BCUT2D eigenvalue weighted by molar-refractivity contribution is 7.89. The van der Waals surface area contributed by atoms with Crippen molar-refractivity contribution in [2.24, 2.45) is 0 Å². The van der Waals surface area contributed by atoms with Crippen LogP contribution in [0.2, 0.25) is 0 Å². The molecule has 0 amide bonds. The molecule has 0 aromatic rings. The summed E-state index contributed by atoms with van der Waals surface area (Å²) >= 11 is 0. The predicted molar refractivity (Wildman–Crippen MR) is 58.1 cm³/mol. The van der Waals surface area contributed by atoms with Crippen LogP contribution < -0.4 is 5.32 Å². The van der Waals surface area contributed by atoms with E-state index in [9.17, 15) is 8.42 Å². The van der Waals surface area contributed by atoms with Gasteiger partial charge in [-0.05, 0) is 32.6 Å². The van der Waals surface area contributed by atoms with Crippen LogP contribution in [0.25, 0.3) is 0 Å². The quantitative estimate of drug-likeness (QED) is 0.742. The number of nitrogens with one attached hydrogen (secondary N) is 1. The Bertz CT molecular complexity index is 338. The summed E-state index contributed by atoms with van der Waals surface area (Å²) in [5.74, 6) is 0.253. The molecule has 0 aromatic heterocycles. The van der Waals surface area contributed by atoms with Crippen molar-refractivity contribution in [2.45, 2.75) is 56.8 Å². The number of piperidine rings is 4. The summed E-state index contributed by atoms with van der Waals surface area (Å²) in [5.41, 5.74) is 0. The van der Waals surface area contributed by atoms with Gasteiger partial charge in [-0.2, -0.15) is 4.31 Å². The molecule has 0 saturated carbocycles. The van der Waals surface area contributed by atoms with Crippen LogP contribution in [0.15, 0.2) is 0 Å². The fourth-order valence-electron chi connectivity index (χ4n) is 3.62. The van der Waals surface area contributed by atoms with Crippen LogP contribution in [-0.4, -0.2) is 42.6 Å². The fraction of sp³-hybridized carbons (Fsp3) is 1.00. The lowest BCUT2D eigenvalue weighted by molar-refractivity contribution is 0.0274. The monoisotopic (exact) mass is 230 g/mol. The van der Waals surface area contributed by atoms with Gasteiger partial charge in [-0.1, -0.05) is 0 Å². The van der Waals surface area contributed by atoms with Crippen molar-refractivity contribution in [3.05, 3.63) is 0 Å². The Balaban J connectivity index is 1.92. The SMILES string of the molecule is CCS(=O)(=O)N1C2CC3CC1CC(C2)N3. The van der Waals surface area contributed by atoms with Crippen LogP contribution in [0.3, 0.4) is 0 Å². The molecule has 0 aromatic carbocycles. The summed E-state index contributed by atoms with van der Waals surface area (Å²) in [6, 6.07) is 1.74. The van der Waals surface area contributed by atoms with Gasteiger partial charge in [-0.3, -0.25) is 0 Å². The van der Waals surface area contributed by atoms with Gasteiger partial charge in [-0.25, -0.2) is 8.42 Å². The van der Waals surface area contributed by atoms with E-state index in [4.69, 9.17) is 0 Å². The fourth-order valence-corrected chi connectivity index (χ4v) is 5.17. The van der Waals surface area contributed by atoms with Crippen LogP contribution in [0.4, 0.5) is 0 Å². The average Bonchev–Trinajstić information content (AvgIpc) is 2.15. The second-order valence-electron chi connectivity index (χ2n) is 5.04. The molecule has 86 valence electrons. The molecule has 4 rings (SSSR count). The molecule has 4 aliphatic rings. The molecule has 1 N–H and O–H groups in total. The molecular formula is C10H18N2O2S. The van der Waals surface area contributed by atoms with E-state index in [2.05, 4.69) is 5.32 Å². The molecule has 5 heteroatoms. The van der Waals surface area contributed by atoms with E-state index in [1.807, 2.05) is 4.31 Å². The van der Waals surface area contributed by atoms with E-state index in [0.29, 0.717) is 24.2 Å². The van der Waals surface area contributed by atoms with Gasteiger partial charge >= 0.3 is 0 Å². The predicted octanol–water partition coefficient (Wildman–Crippen LogP) is 0.303. The Morgan fingerprint density at radius 3 is 2.00 bits per heavy atom. The van der Waals surface area contributed by atoms with E-state index in [1.54, 1.807) is 6.92 Å². The first-order valence-corrected chi connectivity index (χ1v) is 7.48. The Hall–Kier alpha value is -0.130. The zero-order chi connectivity index (χ0) is 10.6. The summed E-state index contributed by atoms with van der Waals surface area (Å²) in [5, 5.41) is 3.58. The van der Waals surface area contributed by atoms with Crippen molar-refractivity contribution in [1.82, 2.24) is 9.62 Å². The lowest BCUT2D eigenvalue weighted by Gasteiger charge is -2.55. The van der Waals surface area contributed by atoms with Crippen LogP contribution in [-0.2, 0) is 10.0 Å². The van der Waals surface area contributed by atoms with Gasteiger partial charge in [0.2, 0.25) is 10.0 Å². The maximum Gasteiger partial charge on any atom is 0.214 e. The summed E-state index contributed by atoms with van der Waals surface area (Å²) in [6.07, 6.45) is 4.08. The highest BCUT2D eigenvalue weighted by Crippen LogP contribution is 2.40. The molecule has 0 unspecified atom stereocenters. The van der Waals surface area contributed by atoms with E-state index in [-0.39, 0.29) is 5.75 Å². The van der Waals surface area contributed by atoms with Crippen molar-refractivity contribution in [3.8, 4) is 0 Å². The first kappa shape index (κ1) is 10.1. The molecule has 0 spiro atoms. The molecule has 0 radical (unpaired) electrons. The van der Waals surface area contributed by atoms with Crippen molar-refractivity contribution in [1.29, 1.82) is 0 Å². The normalized spacial score (nSPS) is 44.9. The first-order valence-electron chi connectivity index (χ1n) is 5.87. The summed E-state index contributed by atoms with van der Waals surface area (Å²) in [7, 11) is -2.98. The number of hydrogen-bond donors (Lipinski definition) is 1. The Kier molecular flexibility index (Phi) is 2.13. The van der Waals surface area contributed by atoms with Crippen molar-refractivity contribution in [3.63, 3.8) is 0 Å². The zero-order valence-electron chi connectivity index (χ0n) is 9.02. The van der Waals surface area contributed by atoms with Gasteiger partial charge in [0.1, 0.15) is 0 Å². The second-order valence-corrected chi connectivity index (χ2v) is 7.20. The molecule has 0 atom stereocenters. The molecule has 4 saturated heterocycles. The highest BCUT2D eigenvalue weighted by Gasteiger charge is 2.50. The Labute approximate surface area is 91.1 Å². The lowest BCUT2D eigenvalue weighted by Crippen LogP contribution is -2.68. The Morgan fingerprint density at radius 1 is 1.13 bits per heavy atom. The summed E-state index contributed by atoms with van der Waals surface area (Å²) in [4.78, 5) is 0. The minimum Gasteiger partial charge on any atom is -0.311 e. The van der Waals surface area contributed by atoms with Crippen molar-refractivity contribution < 1.29 is 8.42 Å². The maximum atomic E-state index is 12.0. The summed E-state index contributed by atoms with van der Waals surface area (Å²) in [6.45, 7) is 1.75. The Morgan fingerprint density at radius 2 is 1.60 bits per heavy atom. The number of sulfonamides is 1. The van der Waals surface area contributed by atoms with Gasteiger partial charge < -0.3 is 5.32 Å². The number of rotatable bonds is 2. The molecule has 4 aliphatic heterocycles. The van der Waals surface area contributed by atoms with Crippen LogP contribution in [0.1, 0.15) is 32.6 Å².